The first-order valence-electron chi connectivity index (χ1n) is 3.95. The van der Waals surface area contributed by atoms with Gasteiger partial charge in [0.05, 0.1) is 4.47 Å². The molecule has 0 amide bonds. The zero-order valence-electron chi connectivity index (χ0n) is 6.94. The summed E-state index contributed by atoms with van der Waals surface area (Å²) in [6, 6.07) is 3.48. The smallest absolute Gasteiger partial charge is 0.137 e. The van der Waals surface area contributed by atoms with Crippen molar-refractivity contribution in [3.05, 3.63) is 33.5 Å². The number of rotatable bonds is 0. The predicted octanol–water partition coefficient (Wildman–Crippen LogP) is 2.66. The van der Waals surface area contributed by atoms with Crippen molar-refractivity contribution in [3.63, 3.8) is 0 Å². The van der Waals surface area contributed by atoms with Gasteiger partial charge in [-0.1, -0.05) is 0 Å². The molecule has 0 saturated carbocycles. The van der Waals surface area contributed by atoms with E-state index in [1.54, 1.807) is 6.07 Å². The molecule has 1 aromatic carbocycles. The molecule has 0 saturated heterocycles. The van der Waals surface area contributed by atoms with Gasteiger partial charge >= 0.3 is 0 Å². The standard InChI is InChI=1S/C9H9BrFN.ClH/c10-8-3-7-5-12-2-1-6(7)4-9(8)11;/h3-4,12H,1-2,5H2;1H. The van der Waals surface area contributed by atoms with Crippen molar-refractivity contribution in [1.29, 1.82) is 0 Å². The summed E-state index contributed by atoms with van der Waals surface area (Å²) in [4.78, 5) is 0. The summed E-state index contributed by atoms with van der Waals surface area (Å²) in [5.74, 6) is -0.157. The summed E-state index contributed by atoms with van der Waals surface area (Å²) in [7, 11) is 0. The molecule has 1 N–H and O–H groups in total. The van der Waals surface area contributed by atoms with Crippen LogP contribution in [0, 0.1) is 5.82 Å². The van der Waals surface area contributed by atoms with E-state index in [-0.39, 0.29) is 18.2 Å². The lowest BCUT2D eigenvalue weighted by molar-refractivity contribution is 0.600. The SMILES string of the molecule is Cl.Fc1cc2c(cc1Br)CNCC2. The van der Waals surface area contributed by atoms with E-state index in [0.29, 0.717) is 4.47 Å². The lowest BCUT2D eigenvalue weighted by Gasteiger charge is -2.17. The average Bonchev–Trinajstić information content (AvgIpc) is 2.07. The molecule has 0 bridgehead atoms. The molecule has 4 heteroatoms. The summed E-state index contributed by atoms with van der Waals surface area (Å²) in [6.07, 6.45) is 0.930. The minimum Gasteiger partial charge on any atom is -0.312 e. The van der Waals surface area contributed by atoms with Gasteiger partial charge in [-0.15, -0.1) is 12.4 Å². The van der Waals surface area contributed by atoms with Crippen LogP contribution in [0.15, 0.2) is 16.6 Å². The number of fused-ring (bicyclic) bond motifs is 1. The monoisotopic (exact) mass is 265 g/mol. The second-order valence-electron chi connectivity index (χ2n) is 2.96. The van der Waals surface area contributed by atoms with Crippen LogP contribution in [0.1, 0.15) is 11.1 Å². The van der Waals surface area contributed by atoms with E-state index in [1.807, 2.05) is 6.07 Å². The van der Waals surface area contributed by atoms with Gasteiger partial charge in [0.2, 0.25) is 0 Å². The van der Waals surface area contributed by atoms with E-state index in [9.17, 15) is 4.39 Å². The van der Waals surface area contributed by atoms with Crippen molar-refractivity contribution in [2.75, 3.05) is 6.54 Å². The van der Waals surface area contributed by atoms with Gasteiger partial charge < -0.3 is 5.32 Å². The maximum absolute atomic E-state index is 13.0. The van der Waals surface area contributed by atoms with E-state index in [2.05, 4.69) is 21.2 Å². The third kappa shape index (κ3) is 2.22. The van der Waals surface area contributed by atoms with Crippen molar-refractivity contribution in [3.8, 4) is 0 Å². The minimum absolute atomic E-state index is 0. The van der Waals surface area contributed by atoms with Gasteiger partial charge in [-0.25, -0.2) is 4.39 Å². The third-order valence-corrected chi connectivity index (χ3v) is 2.74. The van der Waals surface area contributed by atoms with Crippen molar-refractivity contribution in [2.24, 2.45) is 0 Å². The Hall–Kier alpha value is -0.120. The average molecular weight is 267 g/mol. The van der Waals surface area contributed by atoms with Crippen LogP contribution in [0.2, 0.25) is 0 Å². The molecule has 0 aromatic heterocycles. The Morgan fingerprint density at radius 3 is 2.85 bits per heavy atom. The largest absolute Gasteiger partial charge is 0.312 e. The van der Waals surface area contributed by atoms with Gasteiger partial charge in [-0.05, 0) is 52.2 Å². The van der Waals surface area contributed by atoms with Gasteiger partial charge in [0.1, 0.15) is 5.82 Å². The molecule has 1 heterocycles. The topological polar surface area (TPSA) is 12.0 Å². The zero-order chi connectivity index (χ0) is 8.55. The Morgan fingerprint density at radius 2 is 2.08 bits per heavy atom. The van der Waals surface area contributed by atoms with Gasteiger partial charge in [0, 0.05) is 6.54 Å². The van der Waals surface area contributed by atoms with Crippen molar-refractivity contribution in [1.82, 2.24) is 5.32 Å². The van der Waals surface area contributed by atoms with Crippen LogP contribution in [0.3, 0.4) is 0 Å². The molecular weight excluding hydrogens is 256 g/mol. The molecule has 0 aliphatic carbocycles. The maximum Gasteiger partial charge on any atom is 0.137 e. The summed E-state index contributed by atoms with van der Waals surface area (Å²) in [5, 5.41) is 3.24. The van der Waals surface area contributed by atoms with Gasteiger partial charge in [-0.3, -0.25) is 0 Å². The van der Waals surface area contributed by atoms with Crippen molar-refractivity contribution in [2.45, 2.75) is 13.0 Å². The summed E-state index contributed by atoms with van der Waals surface area (Å²) >= 11 is 3.17. The predicted molar refractivity (Wildman–Crippen MR) is 56.8 cm³/mol. The summed E-state index contributed by atoms with van der Waals surface area (Å²) in [5.41, 5.74) is 2.34. The first kappa shape index (κ1) is 11.0. The van der Waals surface area contributed by atoms with Gasteiger partial charge in [0.15, 0.2) is 0 Å². The lowest BCUT2D eigenvalue weighted by atomic mass is 10.0. The van der Waals surface area contributed by atoms with Crippen molar-refractivity contribution >= 4 is 28.3 Å². The number of hydrogen-bond donors (Lipinski definition) is 1. The van der Waals surface area contributed by atoms with Crippen molar-refractivity contribution < 1.29 is 4.39 Å². The van der Waals surface area contributed by atoms with Crippen LogP contribution in [-0.4, -0.2) is 6.54 Å². The lowest BCUT2D eigenvalue weighted by Crippen LogP contribution is -2.23. The first-order chi connectivity index (χ1) is 5.77. The summed E-state index contributed by atoms with van der Waals surface area (Å²) < 4.78 is 13.6. The highest BCUT2D eigenvalue weighted by Gasteiger charge is 2.11. The Labute approximate surface area is 91.3 Å². The van der Waals surface area contributed by atoms with Crippen LogP contribution in [-0.2, 0) is 13.0 Å². The van der Waals surface area contributed by atoms with Gasteiger partial charge in [0.25, 0.3) is 0 Å². The number of benzene rings is 1. The molecule has 72 valence electrons. The fourth-order valence-electron chi connectivity index (χ4n) is 1.47. The fourth-order valence-corrected chi connectivity index (χ4v) is 1.86. The van der Waals surface area contributed by atoms with E-state index in [4.69, 9.17) is 0 Å². The molecule has 0 radical (unpaired) electrons. The third-order valence-electron chi connectivity index (χ3n) is 2.13. The highest BCUT2D eigenvalue weighted by atomic mass is 79.9. The second-order valence-corrected chi connectivity index (χ2v) is 3.82. The fraction of sp³-hybridized carbons (Fsp3) is 0.333. The molecule has 2 rings (SSSR count). The highest BCUT2D eigenvalue weighted by Crippen LogP contribution is 2.22. The molecule has 1 nitrogen and oxygen atoms in total. The van der Waals surface area contributed by atoms with E-state index in [0.717, 1.165) is 25.1 Å². The molecule has 1 aromatic rings. The molecule has 1 aliphatic heterocycles. The maximum atomic E-state index is 13.0. The van der Waals surface area contributed by atoms with Crippen LogP contribution in [0.25, 0.3) is 0 Å². The normalized spacial score (nSPS) is 14.6. The van der Waals surface area contributed by atoms with Crippen LogP contribution >= 0.6 is 28.3 Å². The number of halogens is 3. The Balaban J connectivity index is 0.000000845. The Bertz CT molecular complexity index is 286. The molecule has 0 spiro atoms. The number of hydrogen-bond acceptors (Lipinski definition) is 1. The zero-order valence-corrected chi connectivity index (χ0v) is 9.34. The van der Waals surface area contributed by atoms with Crippen LogP contribution in [0.4, 0.5) is 4.39 Å². The Morgan fingerprint density at radius 1 is 1.31 bits per heavy atom. The molecule has 0 fully saturated rings. The number of nitrogens with one attached hydrogen (secondary N) is 1. The van der Waals surface area contributed by atoms with Gasteiger partial charge in [-0.2, -0.15) is 0 Å². The van der Waals surface area contributed by atoms with Crippen LogP contribution in [0.5, 0.6) is 0 Å². The summed E-state index contributed by atoms with van der Waals surface area (Å²) in [6.45, 7) is 1.81. The minimum atomic E-state index is -0.157. The first-order valence-corrected chi connectivity index (χ1v) is 4.74. The van der Waals surface area contributed by atoms with E-state index in [1.165, 1.54) is 5.56 Å². The quantitative estimate of drug-likeness (QED) is 0.761. The van der Waals surface area contributed by atoms with Crippen LogP contribution < -0.4 is 5.32 Å². The molecule has 0 unspecified atom stereocenters. The van der Waals surface area contributed by atoms with E-state index < -0.39 is 0 Å². The molecular formula is C9H10BrClFN. The Kier molecular flexibility index (Phi) is 3.71. The molecule has 1 aliphatic rings. The molecule has 0 atom stereocenters. The highest BCUT2D eigenvalue weighted by molar-refractivity contribution is 9.10. The molecule has 13 heavy (non-hydrogen) atoms. The second kappa shape index (κ2) is 4.40. The van der Waals surface area contributed by atoms with E-state index >= 15 is 0 Å².